The molecule has 0 bridgehead atoms. The van der Waals surface area contributed by atoms with Gasteiger partial charge in [-0.25, -0.2) is 4.79 Å². The Balaban J connectivity index is 3.43. The molecule has 1 rings (SSSR count). The standard InChI is InChI=1S/C8H7BrO3/c1-4-2-3-5(10)7(9)6(4)8(11)12/h2-3,10H,1H3,(H,11,12). The SMILES string of the molecule is Cc1ccc(O)c(Br)c1C(=O)O. The zero-order valence-corrected chi connectivity index (χ0v) is 7.92. The number of aromatic carboxylic acids is 1. The van der Waals surface area contributed by atoms with Gasteiger partial charge in [-0.2, -0.15) is 0 Å². The van der Waals surface area contributed by atoms with Gasteiger partial charge in [-0.3, -0.25) is 0 Å². The van der Waals surface area contributed by atoms with Crippen molar-refractivity contribution in [2.24, 2.45) is 0 Å². The van der Waals surface area contributed by atoms with Crippen LogP contribution >= 0.6 is 15.9 Å². The van der Waals surface area contributed by atoms with Crippen molar-refractivity contribution < 1.29 is 15.0 Å². The zero-order chi connectivity index (χ0) is 9.30. The maximum Gasteiger partial charge on any atom is 0.337 e. The number of hydrogen-bond acceptors (Lipinski definition) is 2. The maximum absolute atomic E-state index is 10.7. The number of benzene rings is 1. The van der Waals surface area contributed by atoms with E-state index < -0.39 is 5.97 Å². The molecule has 64 valence electrons. The van der Waals surface area contributed by atoms with Crippen LogP contribution in [0.3, 0.4) is 0 Å². The second-order valence-electron chi connectivity index (χ2n) is 2.40. The molecule has 12 heavy (non-hydrogen) atoms. The minimum Gasteiger partial charge on any atom is -0.507 e. The van der Waals surface area contributed by atoms with Crippen molar-refractivity contribution in [1.29, 1.82) is 0 Å². The molecule has 2 N–H and O–H groups in total. The van der Waals surface area contributed by atoms with Gasteiger partial charge in [-0.1, -0.05) is 6.07 Å². The summed E-state index contributed by atoms with van der Waals surface area (Å²) in [4.78, 5) is 10.7. The van der Waals surface area contributed by atoms with Crippen LogP contribution in [0.1, 0.15) is 15.9 Å². The summed E-state index contributed by atoms with van der Waals surface area (Å²) in [6, 6.07) is 3.01. The lowest BCUT2D eigenvalue weighted by Crippen LogP contribution is -2.00. The Morgan fingerprint density at radius 2 is 2.08 bits per heavy atom. The van der Waals surface area contributed by atoms with E-state index in [1.165, 1.54) is 6.07 Å². The molecule has 0 fully saturated rings. The van der Waals surface area contributed by atoms with Crippen LogP contribution < -0.4 is 0 Å². The van der Waals surface area contributed by atoms with E-state index in [-0.39, 0.29) is 15.8 Å². The van der Waals surface area contributed by atoms with Gasteiger partial charge in [0.15, 0.2) is 0 Å². The summed E-state index contributed by atoms with van der Waals surface area (Å²) in [5.41, 5.74) is 0.724. The summed E-state index contributed by atoms with van der Waals surface area (Å²) in [5.74, 6) is -1.10. The lowest BCUT2D eigenvalue weighted by Gasteiger charge is -2.04. The summed E-state index contributed by atoms with van der Waals surface area (Å²) >= 11 is 3.00. The first kappa shape index (κ1) is 9.06. The summed E-state index contributed by atoms with van der Waals surface area (Å²) in [6.45, 7) is 1.67. The molecule has 0 atom stereocenters. The van der Waals surface area contributed by atoms with E-state index in [1.807, 2.05) is 0 Å². The molecule has 0 amide bonds. The number of hydrogen-bond donors (Lipinski definition) is 2. The molecule has 0 aliphatic rings. The van der Waals surface area contributed by atoms with Crippen LogP contribution in [0, 0.1) is 6.92 Å². The Bertz CT molecular complexity index is 333. The Labute approximate surface area is 77.8 Å². The molecule has 0 radical (unpaired) electrons. The predicted octanol–water partition coefficient (Wildman–Crippen LogP) is 2.16. The first-order chi connectivity index (χ1) is 5.54. The highest BCUT2D eigenvalue weighted by atomic mass is 79.9. The molecule has 0 saturated heterocycles. The third-order valence-corrected chi connectivity index (χ3v) is 2.35. The van der Waals surface area contributed by atoms with Crippen molar-refractivity contribution in [1.82, 2.24) is 0 Å². The highest BCUT2D eigenvalue weighted by Gasteiger charge is 2.14. The van der Waals surface area contributed by atoms with E-state index in [2.05, 4.69) is 15.9 Å². The van der Waals surface area contributed by atoms with Crippen molar-refractivity contribution in [3.05, 3.63) is 27.7 Å². The van der Waals surface area contributed by atoms with Gasteiger partial charge in [-0.15, -0.1) is 0 Å². The largest absolute Gasteiger partial charge is 0.507 e. The molecule has 0 heterocycles. The highest BCUT2D eigenvalue weighted by molar-refractivity contribution is 9.10. The number of carboxylic acid groups (broad SMARTS) is 1. The fourth-order valence-corrected chi connectivity index (χ4v) is 1.54. The summed E-state index contributed by atoms with van der Waals surface area (Å²) in [6.07, 6.45) is 0. The van der Waals surface area contributed by atoms with E-state index in [1.54, 1.807) is 13.0 Å². The van der Waals surface area contributed by atoms with Crippen molar-refractivity contribution in [2.45, 2.75) is 6.92 Å². The topological polar surface area (TPSA) is 57.5 Å². The quantitative estimate of drug-likeness (QED) is 0.778. The van der Waals surface area contributed by atoms with Crippen LogP contribution in [0.5, 0.6) is 5.75 Å². The molecule has 1 aromatic rings. The first-order valence-corrected chi connectivity index (χ1v) is 4.04. The molecule has 4 heteroatoms. The Hall–Kier alpha value is -1.03. The smallest absolute Gasteiger partial charge is 0.337 e. The molecule has 0 aliphatic carbocycles. The van der Waals surface area contributed by atoms with Gasteiger partial charge in [0, 0.05) is 0 Å². The number of carbonyl (C=O) groups is 1. The van der Waals surface area contributed by atoms with Crippen LogP contribution in [0.4, 0.5) is 0 Å². The molecule has 0 unspecified atom stereocenters. The van der Waals surface area contributed by atoms with Crippen molar-refractivity contribution in [2.75, 3.05) is 0 Å². The van der Waals surface area contributed by atoms with Gasteiger partial charge >= 0.3 is 5.97 Å². The fraction of sp³-hybridized carbons (Fsp3) is 0.125. The van der Waals surface area contributed by atoms with Crippen LogP contribution in [0.15, 0.2) is 16.6 Å². The van der Waals surface area contributed by atoms with Gasteiger partial charge in [-0.05, 0) is 34.5 Å². The second kappa shape index (κ2) is 3.15. The minimum atomic E-state index is -1.05. The molecule has 0 aromatic heterocycles. The first-order valence-electron chi connectivity index (χ1n) is 3.25. The number of rotatable bonds is 1. The van der Waals surface area contributed by atoms with Gasteiger partial charge < -0.3 is 10.2 Å². The predicted molar refractivity (Wildman–Crippen MR) is 47.5 cm³/mol. The molecule has 0 saturated carbocycles. The van der Waals surface area contributed by atoms with Crippen molar-refractivity contribution in [3.63, 3.8) is 0 Å². The van der Waals surface area contributed by atoms with E-state index >= 15 is 0 Å². The number of aromatic hydroxyl groups is 1. The monoisotopic (exact) mass is 230 g/mol. The van der Waals surface area contributed by atoms with Crippen molar-refractivity contribution >= 4 is 21.9 Å². The van der Waals surface area contributed by atoms with Crippen LogP contribution in [-0.2, 0) is 0 Å². The normalized spacial score (nSPS) is 9.83. The van der Waals surface area contributed by atoms with E-state index in [0.717, 1.165) is 0 Å². The van der Waals surface area contributed by atoms with E-state index in [9.17, 15) is 4.79 Å². The average molecular weight is 231 g/mol. The van der Waals surface area contributed by atoms with Gasteiger partial charge in [0.2, 0.25) is 0 Å². The molecule has 0 spiro atoms. The molecular weight excluding hydrogens is 224 g/mol. The second-order valence-corrected chi connectivity index (χ2v) is 3.19. The lowest BCUT2D eigenvalue weighted by atomic mass is 10.1. The molecule has 1 aromatic carbocycles. The Morgan fingerprint density at radius 1 is 1.50 bits per heavy atom. The number of halogens is 1. The van der Waals surface area contributed by atoms with Gasteiger partial charge in [0.25, 0.3) is 0 Å². The molecule has 3 nitrogen and oxygen atoms in total. The van der Waals surface area contributed by atoms with Crippen LogP contribution in [0.2, 0.25) is 0 Å². The third-order valence-electron chi connectivity index (χ3n) is 1.54. The van der Waals surface area contributed by atoms with Crippen LogP contribution in [-0.4, -0.2) is 16.2 Å². The van der Waals surface area contributed by atoms with Gasteiger partial charge in [0.1, 0.15) is 5.75 Å². The maximum atomic E-state index is 10.7. The van der Waals surface area contributed by atoms with Gasteiger partial charge in [0.05, 0.1) is 10.0 Å². The van der Waals surface area contributed by atoms with E-state index in [0.29, 0.717) is 5.56 Å². The van der Waals surface area contributed by atoms with E-state index in [4.69, 9.17) is 10.2 Å². The molecule has 0 aliphatic heterocycles. The number of aryl methyl sites for hydroxylation is 1. The van der Waals surface area contributed by atoms with Crippen molar-refractivity contribution in [3.8, 4) is 5.75 Å². The summed E-state index contributed by atoms with van der Waals surface area (Å²) < 4.78 is 0.231. The minimum absolute atomic E-state index is 0.0574. The fourth-order valence-electron chi connectivity index (χ4n) is 0.924. The zero-order valence-electron chi connectivity index (χ0n) is 6.34. The summed E-state index contributed by atoms with van der Waals surface area (Å²) in [5, 5.41) is 17.9. The third kappa shape index (κ3) is 1.43. The number of phenolic OH excluding ortho intramolecular Hbond substituents is 1. The molecular formula is C8H7BrO3. The number of carboxylic acids is 1. The average Bonchev–Trinajstić information content (AvgIpc) is 1.97. The lowest BCUT2D eigenvalue weighted by molar-refractivity contribution is 0.0694. The summed E-state index contributed by atoms with van der Waals surface area (Å²) in [7, 11) is 0. The highest BCUT2D eigenvalue weighted by Crippen LogP contribution is 2.29. The Morgan fingerprint density at radius 3 is 2.50 bits per heavy atom. The van der Waals surface area contributed by atoms with Crippen LogP contribution in [0.25, 0.3) is 0 Å². The number of phenols is 1. The Kier molecular flexibility index (Phi) is 2.38.